The quantitative estimate of drug-likeness (QED) is 0.0834. The van der Waals surface area contributed by atoms with Crippen LogP contribution in [0.2, 0.25) is 0 Å². The molecular weight excluding hydrogens is 644 g/mol. The maximum absolute atomic E-state index is 13.1. The van der Waals surface area contributed by atoms with Crippen LogP contribution < -0.4 is 0 Å². The molecule has 0 unspecified atom stereocenters. The summed E-state index contributed by atoms with van der Waals surface area (Å²) in [6, 6.07) is 6.37. The van der Waals surface area contributed by atoms with Crippen LogP contribution in [0.25, 0.3) is 0 Å². The molecule has 3 aliphatic rings. The number of carbonyl (C=O) groups excluding carboxylic acids is 2. The number of hydrogen-bond donors (Lipinski definition) is 8. The number of benzene rings is 1. The van der Waals surface area contributed by atoms with Gasteiger partial charge in [-0.3, -0.25) is 4.79 Å². The van der Waals surface area contributed by atoms with Gasteiger partial charge in [0.05, 0.1) is 38.6 Å². The van der Waals surface area contributed by atoms with Gasteiger partial charge in [-0.05, 0) is 31.0 Å². The minimum Gasteiger partial charge on any atom is -0.508 e. The number of hydrogen-bond acceptors (Lipinski definition) is 17. The number of rotatable bonds is 12. The van der Waals surface area contributed by atoms with Crippen molar-refractivity contribution in [3.05, 3.63) is 53.3 Å². The minimum atomic E-state index is -1.75. The van der Waals surface area contributed by atoms with Crippen LogP contribution >= 0.6 is 0 Å². The molecule has 17 heteroatoms. The summed E-state index contributed by atoms with van der Waals surface area (Å²) in [7, 11) is 1.12. The topological polar surface area (TPSA) is 261 Å². The van der Waals surface area contributed by atoms with E-state index in [1.807, 2.05) is 0 Å². The fourth-order valence-electron chi connectivity index (χ4n) is 5.47. The molecule has 0 aliphatic carbocycles. The van der Waals surface area contributed by atoms with E-state index in [2.05, 4.69) is 0 Å². The van der Waals surface area contributed by atoms with E-state index in [9.17, 15) is 50.4 Å². The van der Waals surface area contributed by atoms with Crippen molar-refractivity contribution in [2.75, 3.05) is 26.9 Å². The predicted octanol–water partition coefficient (Wildman–Crippen LogP) is -2.52. The first-order chi connectivity index (χ1) is 22.9. The molecule has 0 bridgehead atoms. The van der Waals surface area contributed by atoms with Crippen molar-refractivity contribution in [1.82, 2.24) is 0 Å². The van der Waals surface area contributed by atoms with Gasteiger partial charge in [-0.2, -0.15) is 0 Å². The summed E-state index contributed by atoms with van der Waals surface area (Å²) in [6.07, 6.45) is -14.6. The molecule has 17 nitrogen and oxygen atoms in total. The Bertz CT molecular complexity index is 1280. The molecule has 0 aromatic heterocycles. The number of phenolic OH excluding ortho intramolecular Hbond substituents is 1. The number of esters is 2. The van der Waals surface area contributed by atoms with Crippen molar-refractivity contribution >= 4 is 11.9 Å². The number of phenols is 1. The number of allylic oxidation sites excluding steroid dienone is 1. The van der Waals surface area contributed by atoms with Gasteiger partial charge >= 0.3 is 11.9 Å². The smallest absolute Gasteiger partial charge is 0.337 e. The second kappa shape index (κ2) is 17.0. The molecule has 0 amide bonds. The normalized spacial score (nSPS) is 36.2. The second-order valence-corrected chi connectivity index (χ2v) is 11.4. The lowest BCUT2D eigenvalue weighted by Gasteiger charge is -2.42. The highest BCUT2D eigenvalue weighted by atomic mass is 16.8. The molecule has 3 aliphatic heterocycles. The number of carbonyl (C=O) groups is 2. The Kier molecular flexibility index (Phi) is 13.3. The predicted molar refractivity (Wildman–Crippen MR) is 157 cm³/mol. The Balaban J connectivity index is 1.39. The van der Waals surface area contributed by atoms with Gasteiger partial charge in [0.25, 0.3) is 0 Å². The van der Waals surface area contributed by atoms with Crippen LogP contribution in [0.15, 0.2) is 47.7 Å². The summed E-state index contributed by atoms with van der Waals surface area (Å²) in [5.41, 5.74) is 0.922. The number of aliphatic hydroxyl groups is 7. The van der Waals surface area contributed by atoms with E-state index in [1.165, 1.54) is 18.2 Å². The van der Waals surface area contributed by atoms with Crippen LogP contribution in [0.4, 0.5) is 0 Å². The van der Waals surface area contributed by atoms with Gasteiger partial charge in [-0.15, -0.1) is 0 Å². The fourth-order valence-corrected chi connectivity index (χ4v) is 5.47. The third kappa shape index (κ3) is 8.68. The van der Waals surface area contributed by atoms with Gasteiger partial charge in [-0.25, -0.2) is 4.79 Å². The molecule has 4 rings (SSSR count). The molecule has 0 spiro atoms. The average molecular weight is 687 g/mol. The Morgan fingerprint density at radius 1 is 0.875 bits per heavy atom. The monoisotopic (exact) mass is 686 g/mol. The SMILES string of the molecule is CC=C1[C@@H](O[C@@H]2O[C@@H](CO)[C@H](O)[C@@H](O)[C@@H]2O)OC=C(C(=O)OC)[C@@H]1CC(=O)OC[C@@H]1O[C@H](OCCc2ccc(O)cc2)[C@@H](O)[C@H](O)[C@H]1O. The average Bonchev–Trinajstić information content (AvgIpc) is 3.08. The van der Waals surface area contributed by atoms with Crippen LogP contribution in [0.5, 0.6) is 5.75 Å². The standard InChI is InChI=1S/C31H42O17/c1-3-16-17(18(28(41)42-2)12-45-29(16)48-31-27(40)24(37)22(35)19(11-32)46-31)10-21(34)44-13-20-23(36)25(38)26(39)30(47-20)43-9-8-14-4-6-15(33)7-5-14/h3-7,12,17,19-20,22-27,29-33,35-40H,8-11,13H2,1-2H3/t17-,19+,20+,22+,23+,24-,25-,26+,27+,29-,30+,31+/m1/s1. The summed E-state index contributed by atoms with van der Waals surface area (Å²) >= 11 is 0. The summed E-state index contributed by atoms with van der Waals surface area (Å²) in [5, 5.41) is 80.8. The molecule has 0 saturated carbocycles. The largest absolute Gasteiger partial charge is 0.508 e. The van der Waals surface area contributed by atoms with Crippen molar-refractivity contribution in [2.45, 2.75) is 87.5 Å². The molecule has 1 aromatic rings. The summed E-state index contributed by atoms with van der Waals surface area (Å²) in [4.78, 5) is 25.7. The Morgan fingerprint density at radius 2 is 1.50 bits per heavy atom. The van der Waals surface area contributed by atoms with Crippen LogP contribution in [0.3, 0.4) is 0 Å². The van der Waals surface area contributed by atoms with Gasteiger partial charge in [0.15, 0.2) is 12.6 Å². The van der Waals surface area contributed by atoms with Gasteiger partial charge in [0.1, 0.15) is 61.2 Å². The Morgan fingerprint density at radius 3 is 2.12 bits per heavy atom. The van der Waals surface area contributed by atoms with E-state index in [0.717, 1.165) is 18.9 Å². The van der Waals surface area contributed by atoms with E-state index in [4.69, 9.17) is 33.2 Å². The van der Waals surface area contributed by atoms with Gasteiger partial charge < -0.3 is 74.0 Å². The lowest BCUT2D eigenvalue weighted by atomic mass is 9.86. The van der Waals surface area contributed by atoms with Crippen molar-refractivity contribution in [3.63, 3.8) is 0 Å². The zero-order valence-corrected chi connectivity index (χ0v) is 26.2. The van der Waals surface area contributed by atoms with Gasteiger partial charge in [0, 0.05) is 11.5 Å². The second-order valence-electron chi connectivity index (χ2n) is 11.4. The first-order valence-corrected chi connectivity index (χ1v) is 15.2. The zero-order chi connectivity index (χ0) is 35.1. The summed E-state index contributed by atoms with van der Waals surface area (Å²) in [5.74, 6) is -2.69. The van der Waals surface area contributed by atoms with E-state index in [0.29, 0.717) is 6.42 Å². The summed E-state index contributed by atoms with van der Waals surface area (Å²) in [6.45, 7) is 0.335. The molecule has 3 heterocycles. The van der Waals surface area contributed by atoms with Crippen molar-refractivity contribution in [2.24, 2.45) is 5.92 Å². The molecular formula is C31H42O17. The Labute approximate surface area is 275 Å². The molecule has 2 fully saturated rings. The number of methoxy groups -OCH3 is 1. The summed E-state index contributed by atoms with van der Waals surface area (Å²) < 4.78 is 38.0. The molecule has 1 aromatic carbocycles. The zero-order valence-electron chi connectivity index (χ0n) is 26.2. The molecule has 8 N–H and O–H groups in total. The van der Waals surface area contributed by atoms with Gasteiger partial charge in [-0.1, -0.05) is 18.2 Å². The fraction of sp³-hybridized carbons (Fsp3) is 0.613. The highest BCUT2D eigenvalue weighted by Gasteiger charge is 2.48. The van der Waals surface area contributed by atoms with Crippen molar-refractivity contribution in [3.8, 4) is 5.75 Å². The molecule has 0 radical (unpaired) electrons. The van der Waals surface area contributed by atoms with Crippen LogP contribution in [-0.4, -0.2) is 147 Å². The molecule has 2 saturated heterocycles. The van der Waals surface area contributed by atoms with E-state index in [-0.39, 0.29) is 23.5 Å². The maximum atomic E-state index is 13.1. The van der Waals surface area contributed by atoms with E-state index >= 15 is 0 Å². The van der Waals surface area contributed by atoms with Crippen molar-refractivity contribution < 1.29 is 83.6 Å². The lowest BCUT2D eigenvalue weighted by molar-refractivity contribution is -0.327. The highest BCUT2D eigenvalue weighted by Crippen LogP contribution is 2.36. The number of aliphatic hydroxyl groups excluding tert-OH is 7. The van der Waals surface area contributed by atoms with E-state index in [1.54, 1.807) is 19.1 Å². The van der Waals surface area contributed by atoms with Crippen LogP contribution in [0.1, 0.15) is 18.9 Å². The molecule has 12 atom stereocenters. The lowest BCUT2D eigenvalue weighted by Crippen LogP contribution is -2.60. The molecule has 48 heavy (non-hydrogen) atoms. The molecule has 268 valence electrons. The van der Waals surface area contributed by atoms with Gasteiger partial charge in [0.2, 0.25) is 6.29 Å². The Hall–Kier alpha value is -3.20. The van der Waals surface area contributed by atoms with E-state index < -0.39 is 105 Å². The number of aromatic hydroxyl groups is 1. The van der Waals surface area contributed by atoms with Crippen molar-refractivity contribution in [1.29, 1.82) is 0 Å². The highest BCUT2D eigenvalue weighted by molar-refractivity contribution is 5.90. The first-order valence-electron chi connectivity index (χ1n) is 15.2. The third-order valence-corrected chi connectivity index (χ3v) is 8.29. The maximum Gasteiger partial charge on any atom is 0.337 e. The minimum absolute atomic E-state index is 0.0483. The van der Waals surface area contributed by atoms with Crippen LogP contribution in [-0.2, 0) is 49.2 Å². The van der Waals surface area contributed by atoms with Crippen LogP contribution in [0, 0.1) is 5.92 Å². The third-order valence-electron chi connectivity index (χ3n) is 8.29. The number of ether oxygens (including phenoxy) is 7. The first kappa shape index (κ1) is 37.6.